The Kier molecular flexibility index (Phi) is 3.25. The number of aromatic nitrogens is 2. The Bertz CT molecular complexity index is 694. The Hall–Kier alpha value is -2.56. The number of furan rings is 2. The molecule has 0 N–H and O–H groups in total. The zero-order valence-electron chi connectivity index (χ0n) is 11.1. The van der Waals surface area contributed by atoms with Crippen molar-refractivity contribution in [2.75, 3.05) is 0 Å². The molecule has 5 heteroatoms. The van der Waals surface area contributed by atoms with Crippen molar-refractivity contribution in [3.63, 3.8) is 0 Å². The van der Waals surface area contributed by atoms with E-state index in [1.54, 1.807) is 24.5 Å². The molecular formula is C15H14N2O3. The number of ketones is 1. The first-order valence-electron chi connectivity index (χ1n) is 6.49. The zero-order chi connectivity index (χ0) is 13.9. The van der Waals surface area contributed by atoms with E-state index in [4.69, 9.17) is 8.83 Å². The van der Waals surface area contributed by atoms with E-state index in [2.05, 4.69) is 4.98 Å². The maximum absolute atomic E-state index is 12.4. The summed E-state index contributed by atoms with van der Waals surface area (Å²) in [6.07, 6.45) is 5.81. The van der Waals surface area contributed by atoms with E-state index in [9.17, 15) is 4.79 Å². The molecule has 0 aliphatic rings. The largest absolute Gasteiger partial charge is 0.463 e. The van der Waals surface area contributed by atoms with Crippen molar-refractivity contribution < 1.29 is 13.6 Å². The van der Waals surface area contributed by atoms with Crippen LogP contribution in [0, 0.1) is 0 Å². The quantitative estimate of drug-likeness (QED) is 0.667. The van der Waals surface area contributed by atoms with Crippen LogP contribution in [-0.4, -0.2) is 15.3 Å². The Labute approximate surface area is 115 Å². The smallest absolute Gasteiger partial charge is 0.263 e. The van der Waals surface area contributed by atoms with Gasteiger partial charge in [0.1, 0.15) is 5.69 Å². The summed E-state index contributed by atoms with van der Waals surface area (Å²) in [5, 5.41) is 0. The van der Waals surface area contributed by atoms with Crippen molar-refractivity contribution in [2.24, 2.45) is 0 Å². The van der Waals surface area contributed by atoms with Crippen LogP contribution in [-0.2, 0) is 6.54 Å². The molecule has 0 fully saturated rings. The van der Waals surface area contributed by atoms with E-state index in [-0.39, 0.29) is 5.78 Å². The normalized spacial score (nSPS) is 10.8. The average molecular weight is 270 g/mol. The molecule has 0 saturated heterocycles. The summed E-state index contributed by atoms with van der Waals surface area (Å²) < 4.78 is 12.3. The maximum atomic E-state index is 12.4. The van der Waals surface area contributed by atoms with Crippen LogP contribution in [0.3, 0.4) is 0 Å². The van der Waals surface area contributed by atoms with E-state index in [1.807, 2.05) is 23.8 Å². The molecule has 0 amide bonds. The fourth-order valence-corrected chi connectivity index (χ4v) is 2.07. The molecule has 0 aliphatic carbocycles. The molecule has 102 valence electrons. The van der Waals surface area contributed by atoms with Gasteiger partial charge in [-0.1, -0.05) is 6.92 Å². The van der Waals surface area contributed by atoms with Crippen LogP contribution < -0.4 is 0 Å². The van der Waals surface area contributed by atoms with E-state index in [0.29, 0.717) is 23.0 Å². The van der Waals surface area contributed by atoms with Crippen LogP contribution in [0.15, 0.2) is 51.8 Å². The van der Waals surface area contributed by atoms with Crippen LogP contribution in [0.25, 0.3) is 11.5 Å². The van der Waals surface area contributed by atoms with Gasteiger partial charge >= 0.3 is 0 Å². The zero-order valence-corrected chi connectivity index (χ0v) is 11.1. The van der Waals surface area contributed by atoms with Gasteiger partial charge in [0.2, 0.25) is 0 Å². The summed E-state index contributed by atoms with van der Waals surface area (Å²) in [6.45, 7) is 2.77. The number of hydrogen-bond acceptors (Lipinski definition) is 4. The SMILES string of the molecule is CCCn1cc(-c2ccco2)nc1C(=O)c1ccco1. The minimum Gasteiger partial charge on any atom is -0.463 e. The fraction of sp³-hybridized carbons (Fsp3) is 0.200. The van der Waals surface area contributed by atoms with Gasteiger partial charge < -0.3 is 13.4 Å². The first kappa shape index (κ1) is 12.5. The van der Waals surface area contributed by atoms with Gasteiger partial charge in [0.25, 0.3) is 5.78 Å². The van der Waals surface area contributed by atoms with Gasteiger partial charge in [-0.3, -0.25) is 4.79 Å². The van der Waals surface area contributed by atoms with Crippen LogP contribution in [0.2, 0.25) is 0 Å². The second-order valence-electron chi connectivity index (χ2n) is 4.43. The molecule has 0 radical (unpaired) electrons. The molecule has 3 rings (SSSR count). The third-order valence-corrected chi connectivity index (χ3v) is 2.96. The summed E-state index contributed by atoms with van der Waals surface area (Å²) in [5.41, 5.74) is 0.651. The van der Waals surface area contributed by atoms with Gasteiger partial charge in [-0.2, -0.15) is 0 Å². The maximum Gasteiger partial charge on any atom is 0.263 e. The van der Waals surface area contributed by atoms with Gasteiger partial charge in [0.05, 0.1) is 12.5 Å². The van der Waals surface area contributed by atoms with Crippen molar-refractivity contribution in [2.45, 2.75) is 19.9 Å². The number of hydrogen-bond donors (Lipinski definition) is 0. The molecule has 0 atom stereocenters. The van der Waals surface area contributed by atoms with Crippen molar-refractivity contribution in [3.05, 3.63) is 54.6 Å². The van der Waals surface area contributed by atoms with E-state index in [1.165, 1.54) is 6.26 Å². The predicted molar refractivity (Wildman–Crippen MR) is 72.4 cm³/mol. The number of carbonyl (C=O) groups is 1. The lowest BCUT2D eigenvalue weighted by atomic mass is 10.3. The average Bonchev–Trinajstić information content (AvgIpc) is 3.19. The second-order valence-corrected chi connectivity index (χ2v) is 4.43. The molecule has 20 heavy (non-hydrogen) atoms. The fourth-order valence-electron chi connectivity index (χ4n) is 2.07. The van der Waals surface area contributed by atoms with Crippen molar-refractivity contribution >= 4 is 5.78 Å². The number of aryl methyl sites for hydroxylation is 1. The Balaban J connectivity index is 2.02. The molecule has 0 spiro atoms. The lowest BCUT2D eigenvalue weighted by molar-refractivity contribution is 0.0995. The monoisotopic (exact) mass is 270 g/mol. The lowest BCUT2D eigenvalue weighted by Gasteiger charge is -2.02. The van der Waals surface area contributed by atoms with Crippen LogP contribution in [0.1, 0.15) is 29.7 Å². The summed E-state index contributed by atoms with van der Waals surface area (Å²) in [6, 6.07) is 6.94. The Morgan fingerprint density at radius 3 is 2.70 bits per heavy atom. The van der Waals surface area contributed by atoms with E-state index < -0.39 is 0 Å². The molecule has 0 saturated carbocycles. The number of rotatable bonds is 5. The van der Waals surface area contributed by atoms with Crippen LogP contribution >= 0.6 is 0 Å². The summed E-state index contributed by atoms with van der Waals surface area (Å²) >= 11 is 0. The van der Waals surface area contributed by atoms with Crippen LogP contribution in [0.4, 0.5) is 0 Å². The summed E-state index contributed by atoms with van der Waals surface area (Å²) in [5.74, 6) is 1.08. The van der Waals surface area contributed by atoms with Gasteiger partial charge in [-0.25, -0.2) is 4.98 Å². The molecule has 0 aromatic carbocycles. The molecule has 3 aromatic heterocycles. The summed E-state index contributed by atoms with van der Waals surface area (Å²) in [7, 11) is 0. The van der Waals surface area contributed by atoms with Crippen molar-refractivity contribution in [1.82, 2.24) is 9.55 Å². The minimum absolute atomic E-state index is 0.221. The molecule has 3 heterocycles. The third kappa shape index (κ3) is 2.18. The van der Waals surface area contributed by atoms with E-state index >= 15 is 0 Å². The predicted octanol–water partition coefficient (Wildman–Crippen LogP) is 3.38. The standard InChI is InChI=1S/C15H14N2O3/c1-2-7-17-10-11(12-5-3-8-19-12)16-15(17)14(18)13-6-4-9-20-13/h3-6,8-10H,2,7H2,1H3. The Morgan fingerprint density at radius 1 is 1.25 bits per heavy atom. The summed E-state index contributed by atoms with van der Waals surface area (Å²) in [4.78, 5) is 16.8. The first-order valence-corrected chi connectivity index (χ1v) is 6.49. The highest BCUT2D eigenvalue weighted by Gasteiger charge is 2.20. The number of imidazole rings is 1. The Morgan fingerprint density at radius 2 is 2.05 bits per heavy atom. The van der Waals surface area contributed by atoms with Crippen molar-refractivity contribution in [3.8, 4) is 11.5 Å². The van der Waals surface area contributed by atoms with Gasteiger partial charge in [-0.15, -0.1) is 0 Å². The molecule has 3 aromatic rings. The number of nitrogens with zero attached hydrogens (tertiary/aromatic N) is 2. The second kappa shape index (κ2) is 5.21. The highest BCUT2D eigenvalue weighted by atomic mass is 16.3. The first-order chi connectivity index (χ1) is 9.79. The van der Waals surface area contributed by atoms with Gasteiger partial charge in [0.15, 0.2) is 17.3 Å². The molecule has 0 bridgehead atoms. The van der Waals surface area contributed by atoms with E-state index in [0.717, 1.165) is 13.0 Å². The lowest BCUT2D eigenvalue weighted by Crippen LogP contribution is -2.10. The minimum atomic E-state index is -0.221. The molecular weight excluding hydrogens is 256 g/mol. The highest BCUT2D eigenvalue weighted by molar-refractivity contribution is 6.05. The van der Waals surface area contributed by atoms with Gasteiger partial charge in [0, 0.05) is 12.7 Å². The third-order valence-electron chi connectivity index (χ3n) is 2.96. The van der Waals surface area contributed by atoms with Crippen molar-refractivity contribution in [1.29, 1.82) is 0 Å². The number of carbonyl (C=O) groups excluding carboxylic acids is 1. The topological polar surface area (TPSA) is 61.2 Å². The highest BCUT2D eigenvalue weighted by Crippen LogP contribution is 2.21. The van der Waals surface area contributed by atoms with Gasteiger partial charge in [-0.05, 0) is 30.7 Å². The molecule has 0 aliphatic heterocycles. The molecule has 5 nitrogen and oxygen atoms in total. The van der Waals surface area contributed by atoms with Crippen LogP contribution in [0.5, 0.6) is 0 Å². The molecule has 0 unspecified atom stereocenters.